The topological polar surface area (TPSA) is 68.1 Å². The van der Waals surface area contributed by atoms with E-state index in [2.05, 4.69) is 60.8 Å². The number of para-hydroxylation sites is 1. The summed E-state index contributed by atoms with van der Waals surface area (Å²) in [6, 6.07) is 6.26. The Morgan fingerprint density at radius 2 is 1.90 bits per heavy atom. The maximum Gasteiger partial charge on any atom is 0.146 e. The molecule has 1 aliphatic rings. The van der Waals surface area contributed by atoms with Crippen LogP contribution in [0.1, 0.15) is 27.7 Å². The zero-order valence-electron chi connectivity index (χ0n) is 18.5. The molecule has 1 saturated heterocycles. The Morgan fingerprint density at radius 3 is 2.68 bits per heavy atom. The number of nitrogens with one attached hydrogen (secondary N) is 1. The van der Waals surface area contributed by atoms with Gasteiger partial charge < -0.3 is 14.6 Å². The van der Waals surface area contributed by atoms with E-state index in [0.717, 1.165) is 66.0 Å². The molecule has 8 heteroatoms. The quantitative estimate of drug-likeness (QED) is 0.511. The Bertz CT molecular complexity index is 1250. The molecule has 162 valence electrons. The number of anilines is 1. The first-order valence-electron chi connectivity index (χ1n) is 10.7. The minimum atomic E-state index is 0.613. The van der Waals surface area contributed by atoms with Gasteiger partial charge in [-0.1, -0.05) is 12.1 Å². The number of ether oxygens (including phenoxy) is 1. The molecular weight excluding hydrogens is 408 g/mol. The monoisotopic (exact) mass is 436 g/mol. The predicted octanol–water partition coefficient (Wildman–Crippen LogP) is 3.95. The van der Waals surface area contributed by atoms with Crippen LogP contribution in [0.15, 0.2) is 18.2 Å². The molecule has 0 unspecified atom stereocenters. The van der Waals surface area contributed by atoms with Gasteiger partial charge in [-0.3, -0.25) is 4.90 Å². The number of hydrogen-bond acceptors (Lipinski definition) is 7. The SMILES string of the molecule is Cc1sc2nc(CN3CCOCC3)nc(NCc3nc4cccc(C)c4n3C)c2c1C. The molecule has 5 rings (SSSR count). The van der Waals surface area contributed by atoms with Crippen LogP contribution >= 0.6 is 11.3 Å². The summed E-state index contributed by atoms with van der Waals surface area (Å²) in [4.78, 5) is 19.4. The first-order chi connectivity index (χ1) is 15.0. The van der Waals surface area contributed by atoms with Gasteiger partial charge in [0.25, 0.3) is 0 Å². The summed E-state index contributed by atoms with van der Waals surface area (Å²) >= 11 is 1.74. The minimum absolute atomic E-state index is 0.613. The highest BCUT2D eigenvalue weighted by atomic mass is 32.1. The lowest BCUT2D eigenvalue weighted by molar-refractivity contribution is 0.0331. The zero-order chi connectivity index (χ0) is 21.5. The number of hydrogen-bond donors (Lipinski definition) is 1. The Morgan fingerprint density at radius 1 is 1.10 bits per heavy atom. The van der Waals surface area contributed by atoms with E-state index in [1.54, 1.807) is 11.3 Å². The van der Waals surface area contributed by atoms with Crippen LogP contribution in [0.5, 0.6) is 0 Å². The first kappa shape index (κ1) is 20.4. The van der Waals surface area contributed by atoms with Gasteiger partial charge in [0.15, 0.2) is 0 Å². The Kier molecular flexibility index (Phi) is 5.37. The molecule has 3 aromatic heterocycles. The summed E-state index contributed by atoms with van der Waals surface area (Å²) in [6.07, 6.45) is 0. The van der Waals surface area contributed by atoms with Crippen LogP contribution in [0, 0.1) is 20.8 Å². The fraction of sp³-hybridized carbons (Fsp3) is 0.435. The largest absolute Gasteiger partial charge is 0.379 e. The van der Waals surface area contributed by atoms with E-state index in [0.29, 0.717) is 6.54 Å². The molecule has 1 aliphatic heterocycles. The van der Waals surface area contributed by atoms with Crippen molar-refractivity contribution in [2.75, 3.05) is 31.6 Å². The van der Waals surface area contributed by atoms with Crippen LogP contribution in [0.25, 0.3) is 21.3 Å². The van der Waals surface area contributed by atoms with Crippen LogP contribution in [-0.4, -0.2) is 50.7 Å². The van der Waals surface area contributed by atoms with Gasteiger partial charge in [-0.15, -0.1) is 11.3 Å². The standard InChI is InChI=1S/C23H28N6OS/c1-14-6-5-7-17-21(14)28(4)19(25-17)12-24-22-20-15(2)16(3)31-23(20)27-18(26-22)13-29-8-10-30-11-9-29/h5-7H,8-13H2,1-4H3,(H,24,26,27). The lowest BCUT2D eigenvalue weighted by Crippen LogP contribution is -2.36. The normalized spacial score (nSPS) is 15.2. The van der Waals surface area contributed by atoms with Gasteiger partial charge in [0, 0.05) is 25.0 Å². The van der Waals surface area contributed by atoms with Gasteiger partial charge in [-0.2, -0.15) is 0 Å². The molecule has 7 nitrogen and oxygen atoms in total. The van der Waals surface area contributed by atoms with Crippen LogP contribution in [0.2, 0.25) is 0 Å². The average molecular weight is 437 g/mol. The minimum Gasteiger partial charge on any atom is -0.379 e. The molecule has 1 N–H and O–H groups in total. The number of aromatic nitrogens is 4. The van der Waals surface area contributed by atoms with Crippen molar-refractivity contribution >= 4 is 38.4 Å². The van der Waals surface area contributed by atoms with Crippen molar-refractivity contribution in [2.45, 2.75) is 33.9 Å². The molecule has 1 fully saturated rings. The van der Waals surface area contributed by atoms with Crippen molar-refractivity contribution in [2.24, 2.45) is 7.05 Å². The highest BCUT2D eigenvalue weighted by Gasteiger charge is 2.18. The zero-order valence-corrected chi connectivity index (χ0v) is 19.3. The van der Waals surface area contributed by atoms with E-state index >= 15 is 0 Å². The fourth-order valence-corrected chi connectivity index (χ4v) is 5.33. The van der Waals surface area contributed by atoms with Crippen LogP contribution < -0.4 is 5.32 Å². The molecule has 0 bridgehead atoms. The van der Waals surface area contributed by atoms with Crippen LogP contribution in [0.4, 0.5) is 5.82 Å². The molecule has 0 amide bonds. The molecule has 4 aromatic rings. The maximum absolute atomic E-state index is 5.48. The second-order valence-corrected chi connectivity index (χ2v) is 9.43. The van der Waals surface area contributed by atoms with E-state index in [4.69, 9.17) is 19.7 Å². The van der Waals surface area contributed by atoms with Gasteiger partial charge in [0.05, 0.1) is 42.7 Å². The highest BCUT2D eigenvalue weighted by Crippen LogP contribution is 2.33. The van der Waals surface area contributed by atoms with Gasteiger partial charge in [-0.25, -0.2) is 15.0 Å². The van der Waals surface area contributed by atoms with Gasteiger partial charge in [-0.05, 0) is 38.0 Å². The number of aryl methyl sites for hydroxylation is 4. The highest BCUT2D eigenvalue weighted by molar-refractivity contribution is 7.18. The molecule has 1 aromatic carbocycles. The number of morpholine rings is 1. The van der Waals surface area contributed by atoms with E-state index in [1.807, 2.05) is 0 Å². The summed E-state index contributed by atoms with van der Waals surface area (Å²) in [5, 5.41) is 4.71. The Hall–Kier alpha value is -2.55. The number of thiophene rings is 1. The molecule has 0 atom stereocenters. The van der Waals surface area contributed by atoms with Crippen LogP contribution in [-0.2, 0) is 24.9 Å². The fourth-order valence-electron chi connectivity index (χ4n) is 4.29. The van der Waals surface area contributed by atoms with E-state index in [-0.39, 0.29) is 0 Å². The molecule has 0 aliphatic carbocycles. The Labute approximate surface area is 186 Å². The predicted molar refractivity (Wildman–Crippen MR) is 126 cm³/mol. The number of benzene rings is 1. The molecule has 0 radical (unpaired) electrons. The summed E-state index contributed by atoms with van der Waals surface area (Å²) in [5.41, 5.74) is 4.70. The second kappa shape index (κ2) is 8.18. The molecular formula is C23H28N6OS. The lowest BCUT2D eigenvalue weighted by atomic mass is 10.2. The van der Waals surface area contributed by atoms with Gasteiger partial charge >= 0.3 is 0 Å². The van der Waals surface area contributed by atoms with E-state index in [1.165, 1.54) is 21.5 Å². The van der Waals surface area contributed by atoms with E-state index in [9.17, 15) is 0 Å². The van der Waals surface area contributed by atoms with Crippen molar-refractivity contribution in [3.63, 3.8) is 0 Å². The molecule has 31 heavy (non-hydrogen) atoms. The molecule has 0 spiro atoms. The first-order valence-corrected chi connectivity index (χ1v) is 11.5. The maximum atomic E-state index is 5.48. The van der Waals surface area contributed by atoms with Crippen molar-refractivity contribution < 1.29 is 4.74 Å². The summed E-state index contributed by atoms with van der Waals surface area (Å²) in [7, 11) is 2.08. The Balaban J connectivity index is 1.48. The number of fused-ring (bicyclic) bond motifs is 2. The summed E-state index contributed by atoms with van der Waals surface area (Å²) in [5.74, 6) is 2.76. The van der Waals surface area contributed by atoms with Gasteiger partial charge in [0.1, 0.15) is 22.3 Å². The lowest BCUT2D eigenvalue weighted by Gasteiger charge is -2.25. The third-order valence-electron chi connectivity index (χ3n) is 6.15. The summed E-state index contributed by atoms with van der Waals surface area (Å²) in [6.45, 7) is 11.2. The summed E-state index contributed by atoms with van der Waals surface area (Å²) < 4.78 is 7.66. The third kappa shape index (κ3) is 3.79. The number of imidazole rings is 1. The third-order valence-corrected chi connectivity index (χ3v) is 7.25. The second-order valence-electron chi connectivity index (χ2n) is 8.22. The smallest absolute Gasteiger partial charge is 0.146 e. The number of rotatable bonds is 5. The van der Waals surface area contributed by atoms with Crippen LogP contribution in [0.3, 0.4) is 0 Å². The van der Waals surface area contributed by atoms with E-state index < -0.39 is 0 Å². The molecule has 4 heterocycles. The van der Waals surface area contributed by atoms with Crippen molar-refractivity contribution in [1.29, 1.82) is 0 Å². The number of nitrogens with zero attached hydrogens (tertiary/aromatic N) is 5. The average Bonchev–Trinajstić information content (AvgIpc) is 3.23. The van der Waals surface area contributed by atoms with Gasteiger partial charge in [0.2, 0.25) is 0 Å². The van der Waals surface area contributed by atoms with Crippen molar-refractivity contribution in [3.05, 3.63) is 45.9 Å². The van der Waals surface area contributed by atoms with Crippen molar-refractivity contribution in [1.82, 2.24) is 24.4 Å². The van der Waals surface area contributed by atoms with Crippen molar-refractivity contribution in [3.8, 4) is 0 Å². The molecule has 0 saturated carbocycles.